The maximum absolute atomic E-state index is 12.3. The Morgan fingerprint density at radius 3 is 3.14 bits per heavy atom. The molecule has 0 spiro atoms. The van der Waals surface area contributed by atoms with Gasteiger partial charge in [0.05, 0.1) is 11.7 Å². The number of nitrogens with zero attached hydrogens (tertiary/aromatic N) is 4. The van der Waals surface area contributed by atoms with Crippen molar-refractivity contribution in [2.45, 2.75) is 25.8 Å². The van der Waals surface area contributed by atoms with Crippen LogP contribution in [0.1, 0.15) is 19.8 Å². The molecular weight excluding hydrogens is 268 g/mol. The van der Waals surface area contributed by atoms with Crippen LogP contribution in [-0.2, 0) is 4.79 Å². The summed E-state index contributed by atoms with van der Waals surface area (Å²) in [6.45, 7) is 3.07. The van der Waals surface area contributed by atoms with E-state index in [9.17, 15) is 4.79 Å². The summed E-state index contributed by atoms with van der Waals surface area (Å²) in [6.07, 6.45) is 3.52. The Balaban J connectivity index is 1.70. The molecule has 7 nitrogen and oxygen atoms in total. The summed E-state index contributed by atoms with van der Waals surface area (Å²) in [5.74, 6) is 0.588. The summed E-state index contributed by atoms with van der Waals surface area (Å²) in [6, 6.07) is 7.33. The molecule has 3 rings (SSSR count). The first-order chi connectivity index (χ1) is 10.2. The van der Waals surface area contributed by atoms with Crippen LogP contribution >= 0.6 is 0 Å². The average Bonchev–Trinajstić information content (AvgIpc) is 3.02. The standard InChI is InChI=1S/C14H18N6O/c1-10-5-6-15-13(7-10)14(21)17-11-3-2-4-12(8-11)20-9-16-18-19-20/h2-4,8-10,13,15H,5-7H2,1H3,(H,17,21). The third kappa shape index (κ3) is 3.25. The molecule has 1 amide bonds. The van der Waals surface area contributed by atoms with E-state index in [4.69, 9.17) is 0 Å². The molecule has 7 heteroatoms. The molecule has 21 heavy (non-hydrogen) atoms. The first-order valence-electron chi connectivity index (χ1n) is 7.10. The van der Waals surface area contributed by atoms with Crippen LogP contribution in [0.25, 0.3) is 5.69 Å². The Hall–Kier alpha value is -2.28. The Bertz CT molecular complexity index is 612. The quantitative estimate of drug-likeness (QED) is 0.879. The third-order valence-electron chi connectivity index (χ3n) is 3.71. The van der Waals surface area contributed by atoms with Crippen molar-refractivity contribution in [3.8, 4) is 5.69 Å². The van der Waals surface area contributed by atoms with Crippen molar-refractivity contribution in [3.63, 3.8) is 0 Å². The fourth-order valence-corrected chi connectivity index (χ4v) is 2.54. The molecular formula is C14H18N6O. The fourth-order valence-electron chi connectivity index (χ4n) is 2.54. The fraction of sp³-hybridized carbons (Fsp3) is 0.429. The minimum absolute atomic E-state index is 0.00964. The number of nitrogens with one attached hydrogen (secondary N) is 2. The molecule has 1 aromatic carbocycles. The summed E-state index contributed by atoms with van der Waals surface area (Å²) in [5, 5.41) is 17.3. The number of hydrogen-bond donors (Lipinski definition) is 2. The van der Waals surface area contributed by atoms with Crippen molar-refractivity contribution in [3.05, 3.63) is 30.6 Å². The van der Waals surface area contributed by atoms with E-state index < -0.39 is 0 Å². The molecule has 1 fully saturated rings. The highest BCUT2D eigenvalue weighted by molar-refractivity contribution is 5.95. The maximum Gasteiger partial charge on any atom is 0.241 e. The summed E-state index contributed by atoms with van der Waals surface area (Å²) >= 11 is 0. The van der Waals surface area contributed by atoms with Crippen molar-refractivity contribution in [1.29, 1.82) is 0 Å². The number of rotatable bonds is 3. The van der Waals surface area contributed by atoms with E-state index in [0.29, 0.717) is 5.92 Å². The van der Waals surface area contributed by atoms with E-state index in [0.717, 1.165) is 30.8 Å². The SMILES string of the molecule is CC1CCNC(C(=O)Nc2cccc(-n3cnnn3)c2)C1. The minimum Gasteiger partial charge on any atom is -0.325 e. The molecule has 1 saturated heterocycles. The monoisotopic (exact) mass is 286 g/mol. The zero-order valence-corrected chi connectivity index (χ0v) is 11.9. The molecule has 2 unspecified atom stereocenters. The first kappa shape index (κ1) is 13.7. The maximum atomic E-state index is 12.3. The minimum atomic E-state index is -0.120. The molecule has 0 aliphatic carbocycles. The van der Waals surface area contributed by atoms with Crippen LogP contribution in [0.4, 0.5) is 5.69 Å². The van der Waals surface area contributed by atoms with Gasteiger partial charge in [0.15, 0.2) is 0 Å². The van der Waals surface area contributed by atoms with Gasteiger partial charge in [0.2, 0.25) is 5.91 Å². The summed E-state index contributed by atoms with van der Waals surface area (Å²) in [5.41, 5.74) is 1.55. The molecule has 2 atom stereocenters. The second-order valence-electron chi connectivity index (χ2n) is 5.43. The normalized spacial score (nSPS) is 22.0. The third-order valence-corrected chi connectivity index (χ3v) is 3.71. The van der Waals surface area contributed by atoms with Crippen molar-refractivity contribution < 1.29 is 4.79 Å². The highest BCUT2D eigenvalue weighted by atomic mass is 16.2. The average molecular weight is 286 g/mol. The van der Waals surface area contributed by atoms with E-state index in [1.807, 2.05) is 24.3 Å². The number of anilines is 1. The van der Waals surface area contributed by atoms with E-state index in [2.05, 4.69) is 33.1 Å². The van der Waals surface area contributed by atoms with Gasteiger partial charge in [-0.1, -0.05) is 13.0 Å². The lowest BCUT2D eigenvalue weighted by Gasteiger charge is -2.27. The van der Waals surface area contributed by atoms with Gasteiger partial charge in [-0.15, -0.1) is 5.10 Å². The van der Waals surface area contributed by atoms with Crippen LogP contribution in [0.2, 0.25) is 0 Å². The number of benzene rings is 1. The number of piperidine rings is 1. The Morgan fingerprint density at radius 1 is 1.48 bits per heavy atom. The van der Waals surface area contributed by atoms with Crippen molar-refractivity contribution in [1.82, 2.24) is 25.5 Å². The molecule has 110 valence electrons. The number of carbonyl (C=O) groups excluding carboxylic acids is 1. The molecule has 0 saturated carbocycles. The van der Waals surface area contributed by atoms with Gasteiger partial charge in [0, 0.05) is 5.69 Å². The van der Waals surface area contributed by atoms with Gasteiger partial charge < -0.3 is 10.6 Å². The van der Waals surface area contributed by atoms with Crippen molar-refractivity contribution in [2.24, 2.45) is 5.92 Å². The van der Waals surface area contributed by atoms with Gasteiger partial charge in [0.25, 0.3) is 0 Å². The van der Waals surface area contributed by atoms with Crippen LogP contribution in [0.3, 0.4) is 0 Å². The number of tetrazole rings is 1. The second-order valence-corrected chi connectivity index (χ2v) is 5.43. The van der Waals surface area contributed by atoms with Gasteiger partial charge in [-0.25, -0.2) is 4.68 Å². The largest absolute Gasteiger partial charge is 0.325 e. The molecule has 1 aliphatic rings. The lowest BCUT2D eigenvalue weighted by atomic mass is 9.94. The van der Waals surface area contributed by atoms with Crippen LogP contribution in [0.5, 0.6) is 0 Å². The van der Waals surface area contributed by atoms with Crippen LogP contribution in [0.15, 0.2) is 30.6 Å². The first-order valence-corrected chi connectivity index (χ1v) is 7.10. The zero-order chi connectivity index (χ0) is 14.7. The lowest BCUT2D eigenvalue weighted by molar-refractivity contribution is -0.119. The molecule has 2 N–H and O–H groups in total. The van der Waals surface area contributed by atoms with Crippen LogP contribution in [0, 0.1) is 5.92 Å². The smallest absolute Gasteiger partial charge is 0.241 e. The predicted molar refractivity (Wildman–Crippen MR) is 78.0 cm³/mol. The van der Waals surface area contributed by atoms with Gasteiger partial charge in [-0.05, 0) is 53.9 Å². The highest BCUT2D eigenvalue weighted by Crippen LogP contribution is 2.18. The van der Waals surface area contributed by atoms with Crippen LogP contribution < -0.4 is 10.6 Å². The summed E-state index contributed by atoms with van der Waals surface area (Å²) in [4.78, 5) is 12.3. The number of amides is 1. The van der Waals surface area contributed by atoms with Crippen molar-refractivity contribution in [2.75, 3.05) is 11.9 Å². The van der Waals surface area contributed by atoms with E-state index >= 15 is 0 Å². The second kappa shape index (κ2) is 6.01. The zero-order valence-electron chi connectivity index (χ0n) is 11.9. The molecule has 0 radical (unpaired) electrons. The number of carbonyl (C=O) groups is 1. The van der Waals surface area contributed by atoms with Gasteiger partial charge in [-0.2, -0.15) is 0 Å². The summed E-state index contributed by atoms with van der Waals surface area (Å²) < 4.78 is 1.55. The molecule has 0 bridgehead atoms. The van der Waals surface area contributed by atoms with Gasteiger partial charge >= 0.3 is 0 Å². The molecule has 1 aromatic heterocycles. The number of hydrogen-bond acceptors (Lipinski definition) is 5. The van der Waals surface area contributed by atoms with Crippen molar-refractivity contribution >= 4 is 11.6 Å². The molecule has 2 heterocycles. The lowest BCUT2D eigenvalue weighted by Crippen LogP contribution is -2.45. The van der Waals surface area contributed by atoms with E-state index in [1.165, 1.54) is 6.33 Å². The number of aromatic nitrogens is 4. The van der Waals surface area contributed by atoms with E-state index in [-0.39, 0.29) is 11.9 Å². The van der Waals surface area contributed by atoms with Crippen LogP contribution in [-0.4, -0.2) is 38.7 Å². The van der Waals surface area contributed by atoms with Gasteiger partial charge in [-0.3, -0.25) is 4.79 Å². The summed E-state index contributed by atoms with van der Waals surface area (Å²) in [7, 11) is 0. The predicted octanol–water partition coefficient (Wildman–Crippen LogP) is 0.989. The Morgan fingerprint density at radius 2 is 2.38 bits per heavy atom. The Kier molecular flexibility index (Phi) is 3.92. The Labute approximate surface area is 122 Å². The molecule has 1 aliphatic heterocycles. The van der Waals surface area contributed by atoms with E-state index in [1.54, 1.807) is 4.68 Å². The van der Waals surface area contributed by atoms with Gasteiger partial charge in [0.1, 0.15) is 6.33 Å². The topological polar surface area (TPSA) is 84.7 Å². The highest BCUT2D eigenvalue weighted by Gasteiger charge is 2.24. The molecule has 2 aromatic rings.